The van der Waals surface area contributed by atoms with Gasteiger partial charge in [0.05, 0.1) is 24.0 Å². The van der Waals surface area contributed by atoms with Crippen molar-refractivity contribution < 1.29 is 0 Å². The zero-order chi connectivity index (χ0) is 11.0. The molecule has 3 unspecified atom stereocenters. The molecule has 0 N–H and O–H groups in total. The van der Waals surface area contributed by atoms with Crippen LogP contribution in [0.1, 0.15) is 26.2 Å². The summed E-state index contributed by atoms with van der Waals surface area (Å²) in [6, 6.07) is 1.52. The fourth-order valence-electron chi connectivity index (χ4n) is 2.98. The van der Waals surface area contributed by atoms with Gasteiger partial charge in [-0.3, -0.25) is 4.99 Å². The van der Waals surface area contributed by atoms with Crippen molar-refractivity contribution in [2.24, 2.45) is 4.99 Å². The van der Waals surface area contributed by atoms with Crippen LogP contribution in [0.3, 0.4) is 0 Å². The number of hydrogen-bond donors (Lipinski definition) is 0. The summed E-state index contributed by atoms with van der Waals surface area (Å²) in [4.78, 5) is 7.29. The van der Waals surface area contributed by atoms with Crippen molar-refractivity contribution in [3.05, 3.63) is 36.5 Å². The first-order valence-electron chi connectivity index (χ1n) is 6.19. The summed E-state index contributed by atoms with van der Waals surface area (Å²) >= 11 is 0. The summed E-state index contributed by atoms with van der Waals surface area (Å²) < 4.78 is 0. The highest BCUT2D eigenvalue weighted by Gasteiger charge is 2.36. The first-order chi connectivity index (χ1) is 7.86. The van der Waals surface area contributed by atoms with Gasteiger partial charge in [0.1, 0.15) is 0 Å². The van der Waals surface area contributed by atoms with Gasteiger partial charge in [-0.2, -0.15) is 0 Å². The maximum Gasteiger partial charge on any atom is 0.0972 e. The van der Waals surface area contributed by atoms with E-state index in [1.165, 1.54) is 18.7 Å². The molecule has 3 rings (SSSR count). The lowest BCUT2D eigenvalue weighted by Gasteiger charge is -2.35. The smallest absolute Gasteiger partial charge is 0.0972 e. The van der Waals surface area contributed by atoms with E-state index >= 15 is 0 Å². The Morgan fingerprint density at radius 3 is 3.00 bits per heavy atom. The van der Waals surface area contributed by atoms with Crippen LogP contribution in [0.5, 0.6) is 0 Å². The Morgan fingerprint density at radius 1 is 1.25 bits per heavy atom. The maximum atomic E-state index is 4.80. The molecule has 3 aliphatic rings. The molecule has 84 valence electrons. The number of fused-ring (bicyclic) bond motifs is 1. The number of hydrogen-bond acceptors (Lipinski definition) is 2. The Bertz CT molecular complexity index is 390. The van der Waals surface area contributed by atoms with Crippen molar-refractivity contribution in [3.63, 3.8) is 0 Å². The minimum Gasteiger partial charge on any atom is -0.345 e. The van der Waals surface area contributed by atoms with Crippen LogP contribution in [-0.4, -0.2) is 28.9 Å². The molecule has 0 radical (unpaired) electrons. The van der Waals surface area contributed by atoms with E-state index in [0.29, 0.717) is 18.1 Å². The fraction of sp³-hybridized carbons (Fsp3) is 0.500. The van der Waals surface area contributed by atoms with Crippen LogP contribution in [0.15, 0.2) is 41.4 Å². The lowest BCUT2D eigenvalue weighted by molar-refractivity contribution is 0.293. The van der Waals surface area contributed by atoms with Gasteiger partial charge >= 0.3 is 0 Å². The Morgan fingerprint density at radius 2 is 2.19 bits per heavy atom. The summed E-state index contributed by atoms with van der Waals surface area (Å²) in [7, 11) is 0. The summed E-state index contributed by atoms with van der Waals surface area (Å²) in [5, 5.41) is 0. The molecule has 0 fully saturated rings. The molecule has 0 aromatic heterocycles. The summed E-state index contributed by atoms with van der Waals surface area (Å²) in [5.74, 6) is 1.21. The highest BCUT2D eigenvalue weighted by atomic mass is 15.3. The predicted octanol–water partition coefficient (Wildman–Crippen LogP) is 2.69. The molecule has 0 saturated heterocycles. The average Bonchev–Trinajstić information content (AvgIpc) is 2.66. The van der Waals surface area contributed by atoms with Crippen molar-refractivity contribution >= 4 is 5.84 Å². The van der Waals surface area contributed by atoms with Crippen molar-refractivity contribution in [2.75, 3.05) is 0 Å². The Balaban J connectivity index is 1.86. The molecule has 0 amide bonds. The summed E-state index contributed by atoms with van der Waals surface area (Å²) in [6.07, 6.45) is 17.0. The topological polar surface area (TPSA) is 15.6 Å². The van der Waals surface area contributed by atoms with Crippen LogP contribution in [0.25, 0.3) is 0 Å². The molecule has 3 atom stereocenters. The number of allylic oxidation sites excluding steroid dienone is 3. The SMILES string of the molecule is CC1=NC2CCC=CC2N1C1C=CC=CC1. The zero-order valence-corrected chi connectivity index (χ0v) is 9.71. The molecular formula is C14H18N2. The molecular weight excluding hydrogens is 196 g/mol. The van der Waals surface area contributed by atoms with E-state index in [4.69, 9.17) is 4.99 Å². The predicted molar refractivity (Wildman–Crippen MR) is 67.6 cm³/mol. The van der Waals surface area contributed by atoms with Gasteiger partial charge in [-0.15, -0.1) is 0 Å². The minimum absolute atomic E-state index is 0.504. The Kier molecular flexibility index (Phi) is 2.43. The maximum absolute atomic E-state index is 4.80. The molecule has 2 aliphatic carbocycles. The van der Waals surface area contributed by atoms with Gasteiger partial charge < -0.3 is 4.90 Å². The summed E-state index contributed by atoms with van der Waals surface area (Å²) in [5.41, 5.74) is 0. The number of rotatable bonds is 1. The average molecular weight is 214 g/mol. The van der Waals surface area contributed by atoms with Crippen LogP contribution in [0, 0.1) is 0 Å². The molecule has 2 nitrogen and oxygen atoms in total. The molecule has 2 heteroatoms. The molecule has 1 heterocycles. The number of aliphatic imine (C=N–C) groups is 1. The van der Waals surface area contributed by atoms with Crippen molar-refractivity contribution in [1.29, 1.82) is 0 Å². The molecule has 0 bridgehead atoms. The van der Waals surface area contributed by atoms with E-state index in [2.05, 4.69) is 48.3 Å². The quantitative estimate of drug-likeness (QED) is 0.613. The van der Waals surface area contributed by atoms with E-state index in [1.807, 2.05) is 0 Å². The molecule has 0 saturated carbocycles. The highest BCUT2D eigenvalue weighted by molar-refractivity contribution is 5.83. The second-order valence-corrected chi connectivity index (χ2v) is 4.76. The third-order valence-electron chi connectivity index (χ3n) is 3.72. The van der Waals surface area contributed by atoms with Crippen LogP contribution >= 0.6 is 0 Å². The second-order valence-electron chi connectivity index (χ2n) is 4.76. The first kappa shape index (κ1) is 9.88. The van der Waals surface area contributed by atoms with E-state index in [1.54, 1.807) is 0 Å². The van der Waals surface area contributed by atoms with Crippen LogP contribution in [0.4, 0.5) is 0 Å². The van der Waals surface area contributed by atoms with Gasteiger partial charge in [0.15, 0.2) is 0 Å². The van der Waals surface area contributed by atoms with Crippen LogP contribution < -0.4 is 0 Å². The lowest BCUT2D eigenvalue weighted by Crippen LogP contribution is -2.44. The molecule has 0 aromatic rings. The molecule has 16 heavy (non-hydrogen) atoms. The number of amidine groups is 1. The number of nitrogens with zero attached hydrogens (tertiary/aromatic N) is 2. The molecule has 1 aliphatic heterocycles. The fourth-order valence-corrected chi connectivity index (χ4v) is 2.98. The zero-order valence-electron chi connectivity index (χ0n) is 9.71. The van der Waals surface area contributed by atoms with Gasteiger partial charge in [-0.05, 0) is 26.2 Å². The normalized spacial score (nSPS) is 36.4. The van der Waals surface area contributed by atoms with Crippen molar-refractivity contribution in [3.8, 4) is 0 Å². The van der Waals surface area contributed by atoms with Crippen LogP contribution in [-0.2, 0) is 0 Å². The van der Waals surface area contributed by atoms with E-state index in [9.17, 15) is 0 Å². The van der Waals surface area contributed by atoms with E-state index < -0.39 is 0 Å². The molecule has 0 spiro atoms. The summed E-state index contributed by atoms with van der Waals surface area (Å²) in [6.45, 7) is 2.15. The van der Waals surface area contributed by atoms with Gasteiger partial charge in [-0.25, -0.2) is 0 Å². The van der Waals surface area contributed by atoms with Crippen LogP contribution in [0.2, 0.25) is 0 Å². The van der Waals surface area contributed by atoms with Crippen molar-refractivity contribution in [2.45, 2.75) is 44.3 Å². The minimum atomic E-state index is 0.504. The van der Waals surface area contributed by atoms with Crippen molar-refractivity contribution in [1.82, 2.24) is 4.90 Å². The van der Waals surface area contributed by atoms with Gasteiger partial charge in [0.2, 0.25) is 0 Å². The highest BCUT2D eigenvalue weighted by Crippen LogP contribution is 2.30. The monoisotopic (exact) mass is 214 g/mol. The first-order valence-corrected chi connectivity index (χ1v) is 6.19. The third-order valence-corrected chi connectivity index (χ3v) is 3.72. The van der Waals surface area contributed by atoms with Gasteiger partial charge in [0, 0.05) is 0 Å². The standard InChI is InChI=1S/C14H18N2/c1-11-15-13-9-5-6-10-14(13)16(11)12-7-3-2-4-8-12/h2-4,6-7,10,12-14H,5,8-9H2,1H3. The van der Waals surface area contributed by atoms with E-state index in [0.717, 1.165) is 6.42 Å². The second kappa shape index (κ2) is 3.93. The molecule has 0 aromatic carbocycles. The van der Waals surface area contributed by atoms with E-state index in [-0.39, 0.29) is 0 Å². The Labute approximate surface area is 97.1 Å². The largest absolute Gasteiger partial charge is 0.345 e. The van der Waals surface area contributed by atoms with Gasteiger partial charge in [0.25, 0.3) is 0 Å². The van der Waals surface area contributed by atoms with Gasteiger partial charge in [-0.1, -0.05) is 36.5 Å². The third kappa shape index (κ3) is 1.53. The Hall–Kier alpha value is -1.31. The lowest BCUT2D eigenvalue weighted by atomic mass is 9.95.